The monoisotopic (exact) mass is 216 g/mol. The van der Waals surface area contributed by atoms with E-state index in [1.54, 1.807) is 10.9 Å². The van der Waals surface area contributed by atoms with E-state index in [0.29, 0.717) is 0 Å². The Bertz CT molecular complexity index is 462. The number of nitrogens with zero attached hydrogens (tertiary/aromatic N) is 3. The van der Waals surface area contributed by atoms with Gasteiger partial charge in [0.1, 0.15) is 0 Å². The summed E-state index contributed by atoms with van der Waals surface area (Å²) in [6, 6.07) is 8.35. The Morgan fingerprint density at radius 1 is 1.31 bits per heavy atom. The van der Waals surface area contributed by atoms with Gasteiger partial charge in [0.25, 0.3) is 0 Å². The minimum absolute atomic E-state index is 0.751. The molecule has 1 aromatic carbocycles. The molecule has 0 saturated carbocycles. The van der Waals surface area contributed by atoms with Gasteiger partial charge in [0.05, 0.1) is 18.4 Å². The second kappa shape index (κ2) is 4.79. The first kappa shape index (κ1) is 10.7. The first-order valence-electron chi connectivity index (χ1n) is 5.46. The number of rotatable bonds is 4. The van der Waals surface area contributed by atoms with Crippen LogP contribution in [0.15, 0.2) is 30.5 Å². The zero-order valence-electron chi connectivity index (χ0n) is 9.64. The molecular formula is C12H16N4. The molecule has 0 aliphatic heterocycles. The van der Waals surface area contributed by atoms with Crippen LogP contribution in [0, 0.1) is 0 Å². The Hall–Kier alpha value is -1.84. The van der Waals surface area contributed by atoms with E-state index in [1.165, 1.54) is 11.3 Å². The van der Waals surface area contributed by atoms with Crippen LogP contribution in [0.2, 0.25) is 0 Å². The highest BCUT2D eigenvalue weighted by Gasteiger charge is 2.02. The topological polar surface area (TPSA) is 42.7 Å². The highest BCUT2D eigenvalue weighted by molar-refractivity contribution is 5.51. The summed E-state index contributed by atoms with van der Waals surface area (Å²) in [5.74, 6) is 0. The number of anilines is 1. The number of aryl methyl sites for hydroxylation is 2. The van der Waals surface area contributed by atoms with E-state index in [2.05, 4.69) is 40.8 Å². The zero-order chi connectivity index (χ0) is 11.4. The van der Waals surface area contributed by atoms with Crippen molar-refractivity contribution in [3.8, 4) is 0 Å². The molecule has 0 radical (unpaired) electrons. The molecule has 0 atom stereocenters. The zero-order valence-corrected chi connectivity index (χ0v) is 9.64. The number of hydrogen-bond donors (Lipinski definition) is 1. The number of benzene rings is 1. The molecule has 0 bridgehead atoms. The Morgan fingerprint density at radius 3 is 2.81 bits per heavy atom. The molecule has 0 unspecified atom stereocenters. The first-order valence-corrected chi connectivity index (χ1v) is 5.46. The lowest BCUT2D eigenvalue weighted by Crippen LogP contribution is -2.06. The lowest BCUT2D eigenvalue weighted by atomic mass is 10.1. The number of hydrogen-bond acceptors (Lipinski definition) is 3. The van der Waals surface area contributed by atoms with Crippen LogP contribution in [-0.2, 0) is 20.0 Å². The fourth-order valence-corrected chi connectivity index (χ4v) is 1.66. The molecule has 1 aromatic heterocycles. The van der Waals surface area contributed by atoms with Crippen molar-refractivity contribution in [2.75, 3.05) is 5.32 Å². The molecule has 0 aliphatic carbocycles. The van der Waals surface area contributed by atoms with Crippen LogP contribution in [-0.4, -0.2) is 15.0 Å². The molecule has 4 heteroatoms. The third-order valence-electron chi connectivity index (χ3n) is 2.67. The fourth-order valence-electron chi connectivity index (χ4n) is 1.66. The molecule has 0 saturated heterocycles. The van der Waals surface area contributed by atoms with Crippen molar-refractivity contribution < 1.29 is 0 Å². The normalized spacial score (nSPS) is 10.4. The van der Waals surface area contributed by atoms with Crippen LogP contribution in [0.3, 0.4) is 0 Å². The molecule has 0 aliphatic rings. The van der Waals surface area contributed by atoms with Gasteiger partial charge in [-0.25, -0.2) is 0 Å². The van der Waals surface area contributed by atoms with Crippen molar-refractivity contribution in [3.63, 3.8) is 0 Å². The Balaban J connectivity index is 2.07. The van der Waals surface area contributed by atoms with Crippen LogP contribution in [0.1, 0.15) is 18.2 Å². The van der Waals surface area contributed by atoms with E-state index in [1.807, 2.05) is 13.1 Å². The highest BCUT2D eigenvalue weighted by Crippen LogP contribution is 2.16. The van der Waals surface area contributed by atoms with Crippen LogP contribution < -0.4 is 5.32 Å². The Labute approximate surface area is 95.3 Å². The molecule has 0 amide bonds. The summed E-state index contributed by atoms with van der Waals surface area (Å²) in [5.41, 5.74) is 3.59. The molecule has 2 aromatic rings. The predicted molar refractivity (Wildman–Crippen MR) is 64.1 cm³/mol. The van der Waals surface area contributed by atoms with Gasteiger partial charge in [-0.1, -0.05) is 30.3 Å². The number of para-hydroxylation sites is 1. The highest BCUT2D eigenvalue weighted by atomic mass is 15.4. The first-order chi connectivity index (χ1) is 7.81. The second-order valence-corrected chi connectivity index (χ2v) is 3.71. The average Bonchev–Trinajstić information content (AvgIpc) is 2.72. The smallest absolute Gasteiger partial charge is 0.0774 e. The van der Waals surface area contributed by atoms with Gasteiger partial charge in [-0.05, 0) is 18.1 Å². The molecule has 4 nitrogen and oxygen atoms in total. The maximum Gasteiger partial charge on any atom is 0.0774 e. The summed E-state index contributed by atoms with van der Waals surface area (Å²) in [7, 11) is 1.90. The summed E-state index contributed by atoms with van der Waals surface area (Å²) in [4.78, 5) is 0. The molecular weight excluding hydrogens is 200 g/mol. The lowest BCUT2D eigenvalue weighted by molar-refractivity contribution is 0.683. The van der Waals surface area contributed by atoms with Crippen LogP contribution in [0.5, 0.6) is 0 Å². The van der Waals surface area contributed by atoms with Crippen molar-refractivity contribution in [1.82, 2.24) is 15.0 Å². The molecule has 16 heavy (non-hydrogen) atoms. The van der Waals surface area contributed by atoms with Gasteiger partial charge in [-0.15, -0.1) is 5.10 Å². The summed E-state index contributed by atoms with van der Waals surface area (Å²) >= 11 is 0. The lowest BCUT2D eigenvalue weighted by Gasteiger charge is -2.10. The molecule has 0 fully saturated rings. The summed E-state index contributed by atoms with van der Waals surface area (Å²) in [6.07, 6.45) is 2.81. The third kappa shape index (κ3) is 2.21. The maximum atomic E-state index is 3.90. The fraction of sp³-hybridized carbons (Fsp3) is 0.333. The van der Waals surface area contributed by atoms with Crippen molar-refractivity contribution >= 4 is 5.69 Å². The van der Waals surface area contributed by atoms with Crippen molar-refractivity contribution in [2.24, 2.45) is 7.05 Å². The van der Waals surface area contributed by atoms with Gasteiger partial charge in [0.2, 0.25) is 0 Å². The predicted octanol–water partition coefficient (Wildman–Crippen LogP) is 1.99. The van der Waals surface area contributed by atoms with Crippen molar-refractivity contribution in [2.45, 2.75) is 19.9 Å². The Kier molecular flexibility index (Phi) is 3.19. The standard InChI is InChI=1S/C12H16N4/c1-3-10-6-4-5-7-12(10)13-8-11-9-14-15-16(11)2/h4-7,9,13H,3,8H2,1-2H3. The van der Waals surface area contributed by atoms with Gasteiger partial charge in [-0.2, -0.15) is 0 Å². The van der Waals surface area contributed by atoms with Crippen molar-refractivity contribution in [3.05, 3.63) is 41.7 Å². The summed E-state index contributed by atoms with van der Waals surface area (Å²) < 4.78 is 1.78. The van der Waals surface area contributed by atoms with E-state index >= 15 is 0 Å². The molecule has 1 N–H and O–H groups in total. The third-order valence-corrected chi connectivity index (χ3v) is 2.67. The van der Waals surface area contributed by atoms with Gasteiger partial charge in [0.15, 0.2) is 0 Å². The van der Waals surface area contributed by atoms with Gasteiger partial charge < -0.3 is 5.32 Å². The largest absolute Gasteiger partial charge is 0.379 e. The van der Waals surface area contributed by atoms with Gasteiger partial charge >= 0.3 is 0 Å². The SMILES string of the molecule is CCc1ccccc1NCc1cnnn1C. The Morgan fingerprint density at radius 2 is 2.12 bits per heavy atom. The van der Waals surface area contributed by atoms with E-state index in [9.17, 15) is 0 Å². The van der Waals surface area contributed by atoms with Crippen molar-refractivity contribution in [1.29, 1.82) is 0 Å². The van der Waals surface area contributed by atoms with Gasteiger partial charge in [0, 0.05) is 12.7 Å². The van der Waals surface area contributed by atoms with E-state index < -0.39 is 0 Å². The van der Waals surface area contributed by atoms with E-state index in [4.69, 9.17) is 0 Å². The minimum atomic E-state index is 0.751. The minimum Gasteiger partial charge on any atom is -0.379 e. The number of nitrogens with one attached hydrogen (secondary N) is 1. The molecule has 2 rings (SSSR count). The molecule has 84 valence electrons. The summed E-state index contributed by atoms with van der Waals surface area (Å²) in [6.45, 7) is 2.91. The second-order valence-electron chi connectivity index (χ2n) is 3.71. The molecule has 1 heterocycles. The van der Waals surface area contributed by atoms with Crippen LogP contribution in [0.4, 0.5) is 5.69 Å². The van der Waals surface area contributed by atoms with Gasteiger partial charge in [-0.3, -0.25) is 4.68 Å². The maximum absolute atomic E-state index is 3.90. The van der Waals surface area contributed by atoms with Crippen LogP contribution in [0.25, 0.3) is 0 Å². The van der Waals surface area contributed by atoms with E-state index in [-0.39, 0.29) is 0 Å². The van der Waals surface area contributed by atoms with E-state index in [0.717, 1.165) is 18.7 Å². The molecule has 0 spiro atoms. The average molecular weight is 216 g/mol. The van der Waals surface area contributed by atoms with Crippen LogP contribution >= 0.6 is 0 Å². The summed E-state index contributed by atoms with van der Waals surface area (Å²) in [5, 5.41) is 11.2. The quantitative estimate of drug-likeness (QED) is 0.850. The number of aromatic nitrogens is 3.